The summed E-state index contributed by atoms with van der Waals surface area (Å²) in [5, 5.41) is 2.80. The lowest BCUT2D eigenvalue weighted by molar-refractivity contribution is -0.124. The standard InChI is InChI=1S/C27H27N3O5/c1-18-6-4-8-21(14-18)30-26(32)24(16-25(31)28-20-10-12-22(34-2)13-11-20)29(27(30)33)17-19-7-5-9-23(15-19)35-3/h4-15,24H,16-17H2,1-3H3,(H,28,31)/t24-/m0/s1. The number of ether oxygens (including phenoxy) is 2. The van der Waals surface area contributed by atoms with Gasteiger partial charge in [0.2, 0.25) is 5.91 Å². The fourth-order valence-corrected chi connectivity index (χ4v) is 4.05. The van der Waals surface area contributed by atoms with E-state index in [0.29, 0.717) is 22.9 Å². The lowest BCUT2D eigenvalue weighted by atomic mass is 10.1. The molecule has 180 valence electrons. The average molecular weight is 474 g/mol. The molecule has 1 aliphatic heterocycles. The fraction of sp³-hybridized carbons (Fsp3) is 0.222. The smallest absolute Gasteiger partial charge is 0.332 e. The number of urea groups is 1. The van der Waals surface area contributed by atoms with Crippen molar-refractivity contribution in [1.82, 2.24) is 4.90 Å². The van der Waals surface area contributed by atoms with Crippen molar-refractivity contribution in [3.63, 3.8) is 0 Å². The highest BCUT2D eigenvalue weighted by atomic mass is 16.5. The summed E-state index contributed by atoms with van der Waals surface area (Å²) in [7, 11) is 3.13. The van der Waals surface area contributed by atoms with Crippen molar-refractivity contribution < 1.29 is 23.9 Å². The first kappa shape index (κ1) is 23.8. The first-order valence-electron chi connectivity index (χ1n) is 11.2. The minimum atomic E-state index is -0.951. The second-order valence-corrected chi connectivity index (χ2v) is 8.27. The van der Waals surface area contributed by atoms with Crippen molar-refractivity contribution in [3.05, 3.63) is 83.9 Å². The maximum Gasteiger partial charge on any atom is 0.332 e. The van der Waals surface area contributed by atoms with Gasteiger partial charge in [-0.15, -0.1) is 0 Å². The molecule has 0 aromatic heterocycles. The van der Waals surface area contributed by atoms with Crippen LogP contribution in [0.4, 0.5) is 16.2 Å². The van der Waals surface area contributed by atoms with E-state index in [0.717, 1.165) is 16.0 Å². The molecule has 0 radical (unpaired) electrons. The van der Waals surface area contributed by atoms with E-state index in [4.69, 9.17) is 9.47 Å². The minimum absolute atomic E-state index is 0.157. The lowest BCUT2D eigenvalue weighted by Gasteiger charge is -2.22. The van der Waals surface area contributed by atoms with Gasteiger partial charge >= 0.3 is 6.03 Å². The predicted molar refractivity (Wildman–Crippen MR) is 133 cm³/mol. The molecule has 0 aliphatic carbocycles. The molecular formula is C27H27N3O5. The second-order valence-electron chi connectivity index (χ2n) is 8.27. The number of carbonyl (C=O) groups excluding carboxylic acids is 3. The summed E-state index contributed by atoms with van der Waals surface area (Å²) in [5.74, 6) is 0.499. The van der Waals surface area contributed by atoms with Crippen molar-refractivity contribution >= 4 is 29.2 Å². The molecule has 0 saturated carbocycles. The maximum atomic E-state index is 13.5. The highest BCUT2D eigenvalue weighted by Gasteiger charge is 2.46. The number of nitrogens with one attached hydrogen (secondary N) is 1. The molecule has 1 saturated heterocycles. The van der Waals surface area contributed by atoms with Gasteiger partial charge in [0, 0.05) is 12.2 Å². The lowest BCUT2D eigenvalue weighted by Crippen LogP contribution is -2.37. The van der Waals surface area contributed by atoms with Crippen LogP contribution < -0.4 is 19.7 Å². The highest BCUT2D eigenvalue weighted by Crippen LogP contribution is 2.30. The maximum absolute atomic E-state index is 13.5. The molecule has 3 aromatic rings. The van der Waals surface area contributed by atoms with Gasteiger partial charge in [0.1, 0.15) is 17.5 Å². The number of imide groups is 1. The third-order valence-electron chi connectivity index (χ3n) is 5.82. The molecule has 35 heavy (non-hydrogen) atoms. The van der Waals surface area contributed by atoms with E-state index in [1.807, 2.05) is 31.2 Å². The van der Waals surface area contributed by atoms with Gasteiger partial charge in [0.25, 0.3) is 5.91 Å². The molecule has 8 heteroatoms. The Morgan fingerprint density at radius 3 is 2.31 bits per heavy atom. The second kappa shape index (κ2) is 10.3. The minimum Gasteiger partial charge on any atom is -0.497 e. The molecule has 1 aliphatic rings. The normalized spacial score (nSPS) is 15.3. The Labute approximate surface area is 204 Å². The monoisotopic (exact) mass is 473 g/mol. The van der Waals surface area contributed by atoms with Crippen LogP contribution in [0.5, 0.6) is 11.5 Å². The SMILES string of the molecule is COc1ccc(NC(=O)C[C@H]2C(=O)N(c3cccc(C)c3)C(=O)N2Cc2cccc(OC)c2)cc1. The summed E-state index contributed by atoms with van der Waals surface area (Å²) in [6.45, 7) is 2.05. The third-order valence-corrected chi connectivity index (χ3v) is 5.82. The Balaban J connectivity index is 1.60. The molecule has 0 spiro atoms. The Bertz CT molecular complexity index is 1240. The Morgan fingerprint density at radius 1 is 0.914 bits per heavy atom. The molecule has 1 atom stereocenters. The molecule has 1 fully saturated rings. The number of rotatable bonds is 8. The van der Waals surface area contributed by atoms with Crippen molar-refractivity contribution in [2.24, 2.45) is 0 Å². The molecule has 1 N–H and O–H groups in total. The van der Waals surface area contributed by atoms with Crippen LogP contribution in [0, 0.1) is 6.92 Å². The zero-order chi connectivity index (χ0) is 24.9. The van der Waals surface area contributed by atoms with Gasteiger partial charge in [-0.2, -0.15) is 0 Å². The number of amides is 4. The van der Waals surface area contributed by atoms with Crippen LogP contribution in [-0.4, -0.2) is 43.0 Å². The molecule has 1 heterocycles. The largest absolute Gasteiger partial charge is 0.497 e. The van der Waals surface area contributed by atoms with Crippen LogP contribution in [-0.2, 0) is 16.1 Å². The van der Waals surface area contributed by atoms with Crippen LogP contribution in [0.15, 0.2) is 72.8 Å². The summed E-state index contributed by atoms with van der Waals surface area (Å²) in [4.78, 5) is 42.4. The van der Waals surface area contributed by atoms with Crippen molar-refractivity contribution in [1.29, 1.82) is 0 Å². The van der Waals surface area contributed by atoms with Crippen LogP contribution in [0.2, 0.25) is 0 Å². The van der Waals surface area contributed by atoms with Gasteiger partial charge in [0.05, 0.1) is 26.3 Å². The Hall–Kier alpha value is -4.33. The molecule has 4 amide bonds. The molecule has 0 unspecified atom stereocenters. The summed E-state index contributed by atoms with van der Waals surface area (Å²) >= 11 is 0. The van der Waals surface area contributed by atoms with E-state index in [9.17, 15) is 14.4 Å². The molecule has 4 rings (SSSR count). The third kappa shape index (κ3) is 5.27. The van der Waals surface area contributed by atoms with Gasteiger partial charge in [-0.05, 0) is 66.6 Å². The average Bonchev–Trinajstić information content (AvgIpc) is 3.08. The predicted octanol–water partition coefficient (Wildman–Crippen LogP) is 4.38. The summed E-state index contributed by atoms with van der Waals surface area (Å²) in [5.41, 5.74) is 2.76. The van der Waals surface area contributed by atoms with E-state index >= 15 is 0 Å². The molecule has 8 nitrogen and oxygen atoms in total. The Kier molecular flexibility index (Phi) is 7.01. The summed E-state index contributed by atoms with van der Waals surface area (Å²) in [6.07, 6.45) is -0.178. The summed E-state index contributed by atoms with van der Waals surface area (Å²) < 4.78 is 10.4. The van der Waals surface area contributed by atoms with Crippen LogP contribution in [0.1, 0.15) is 17.5 Å². The Morgan fingerprint density at radius 2 is 1.63 bits per heavy atom. The van der Waals surface area contributed by atoms with Crippen LogP contribution in [0.3, 0.4) is 0 Å². The summed E-state index contributed by atoms with van der Waals surface area (Å²) in [6, 6.07) is 19.9. The first-order valence-corrected chi connectivity index (χ1v) is 11.2. The number of methoxy groups -OCH3 is 2. The zero-order valence-electron chi connectivity index (χ0n) is 19.9. The highest BCUT2D eigenvalue weighted by molar-refractivity contribution is 6.22. The number of hydrogen-bond donors (Lipinski definition) is 1. The van der Waals surface area contributed by atoms with Crippen molar-refractivity contribution in [3.8, 4) is 11.5 Å². The zero-order valence-corrected chi connectivity index (χ0v) is 19.9. The number of aryl methyl sites for hydroxylation is 1. The van der Waals surface area contributed by atoms with Gasteiger partial charge in [-0.1, -0.05) is 24.3 Å². The number of carbonyl (C=O) groups is 3. The van der Waals surface area contributed by atoms with E-state index in [2.05, 4.69) is 5.32 Å². The van der Waals surface area contributed by atoms with Gasteiger partial charge in [0.15, 0.2) is 0 Å². The van der Waals surface area contributed by atoms with Gasteiger partial charge < -0.3 is 19.7 Å². The quantitative estimate of drug-likeness (QED) is 0.491. The van der Waals surface area contributed by atoms with E-state index < -0.39 is 18.0 Å². The van der Waals surface area contributed by atoms with E-state index in [1.165, 1.54) is 4.90 Å². The molecule has 3 aromatic carbocycles. The number of hydrogen-bond acceptors (Lipinski definition) is 5. The van der Waals surface area contributed by atoms with E-state index in [-0.39, 0.29) is 18.9 Å². The first-order chi connectivity index (χ1) is 16.9. The van der Waals surface area contributed by atoms with Crippen LogP contribution in [0.25, 0.3) is 0 Å². The van der Waals surface area contributed by atoms with Crippen LogP contribution >= 0.6 is 0 Å². The number of nitrogens with zero attached hydrogens (tertiary/aromatic N) is 2. The molecule has 0 bridgehead atoms. The molecular weight excluding hydrogens is 446 g/mol. The van der Waals surface area contributed by atoms with Crippen molar-refractivity contribution in [2.75, 3.05) is 24.4 Å². The van der Waals surface area contributed by atoms with Gasteiger partial charge in [-0.3, -0.25) is 9.59 Å². The number of benzene rings is 3. The van der Waals surface area contributed by atoms with Gasteiger partial charge in [-0.25, -0.2) is 9.69 Å². The van der Waals surface area contributed by atoms with E-state index in [1.54, 1.807) is 62.8 Å². The topological polar surface area (TPSA) is 88.2 Å². The van der Waals surface area contributed by atoms with Crippen molar-refractivity contribution in [2.45, 2.75) is 25.9 Å². The fourth-order valence-electron chi connectivity index (χ4n) is 4.05. The number of anilines is 2.